The Morgan fingerprint density at radius 1 is 1.65 bits per heavy atom. The van der Waals surface area contributed by atoms with Crippen molar-refractivity contribution in [2.45, 2.75) is 27.2 Å². The van der Waals surface area contributed by atoms with Crippen molar-refractivity contribution in [3.8, 4) is 0 Å². The lowest BCUT2D eigenvalue weighted by atomic mass is 9.75. The molecule has 0 aliphatic carbocycles. The van der Waals surface area contributed by atoms with Gasteiger partial charge in [0, 0.05) is 11.9 Å². The van der Waals surface area contributed by atoms with Crippen molar-refractivity contribution in [2.75, 3.05) is 18.4 Å². The van der Waals surface area contributed by atoms with Crippen molar-refractivity contribution in [3.63, 3.8) is 0 Å². The molecule has 2 N–H and O–H groups in total. The van der Waals surface area contributed by atoms with Crippen LogP contribution < -0.4 is 10.6 Å². The molecular formula is C12H19N3OS. The summed E-state index contributed by atoms with van der Waals surface area (Å²) in [6.07, 6.45) is 0.904. The monoisotopic (exact) mass is 253 g/mol. The number of rotatable bonds is 3. The second kappa shape index (κ2) is 4.74. The summed E-state index contributed by atoms with van der Waals surface area (Å²) >= 11 is 1.48. The average molecular weight is 253 g/mol. The van der Waals surface area contributed by atoms with E-state index in [0.29, 0.717) is 11.0 Å². The van der Waals surface area contributed by atoms with Crippen LogP contribution in [0, 0.1) is 18.3 Å². The van der Waals surface area contributed by atoms with E-state index in [-0.39, 0.29) is 11.3 Å². The minimum Gasteiger partial charge on any atom is -0.316 e. The molecule has 0 spiro atoms. The third kappa shape index (κ3) is 2.35. The van der Waals surface area contributed by atoms with Crippen LogP contribution >= 0.6 is 11.3 Å². The van der Waals surface area contributed by atoms with Gasteiger partial charge < -0.3 is 10.6 Å². The highest BCUT2D eigenvalue weighted by atomic mass is 32.1. The summed E-state index contributed by atoms with van der Waals surface area (Å²) in [5.41, 5.74) is 0.674. The molecular weight excluding hydrogens is 234 g/mol. The number of hydrogen-bond acceptors (Lipinski definition) is 4. The lowest BCUT2D eigenvalue weighted by Gasteiger charge is -2.30. The molecule has 1 aliphatic heterocycles. The Labute approximate surface area is 106 Å². The predicted molar refractivity (Wildman–Crippen MR) is 70.2 cm³/mol. The van der Waals surface area contributed by atoms with Crippen molar-refractivity contribution in [2.24, 2.45) is 11.3 Å². The van der Waals surface area contributed by atoms with Gasteiger partial charge in [-0.05, 0) is 25.8 Å². The maximum absolute atomic E-state index is 12.4. The van der Waals surface area contributed by atoms with Crippen molar-refractivity contribution < 1.29 is 4.79 Å². The lowest BCUT2D eigenvalue weighted by Crippen LogP contribution is -2.42. The van der Waals surface area contributed by atoms with E-state index in [2.05, 4.69) is 29.5 Å². The molecule has 1 amide bonds. The second-order valence-corrected chi connectivity index (χ2v) is 5.84. The van der Waals surface area contributed by atoms with Crippen LogP contribution in [0.3, 0.4) is 0 Å². The van der Waals surface area contributed by atoms with Crippen LogP contribution in [0.1, 0.15) is 26.0 Å². The van der Waals surface area contributed by atoms with E-state index in [0.717, 1.165) is 25.2 Å². The number of nitrogens with zero attached hydrogens (tertiary/aromatic N) is 1. The van der Waals surface area contributed by atoms with Crippen LogP contribution in [0.4, 0.5) is 5.13 Å². The second-order valence-electron chi connectivity index (χ2n) is 4.99. The third-order valence-corrected chi connectivity index (χ3v) is 4.46. The van der Waals surface area contributed by atoms with Crippen LogP contribution in [0.25, 0.3) is 0 Å². The summed E-state index contributed by atoms with van der Waals surface area (Å²) in [7, 11) is 0. The molecule has 1 fully saturated rings. The number of hydrogen-bond donors (Lipinski definition) is 2. The van der Waals surface area contributed by atoms with Gasteiger partial charge in [-0.15, -0.1) is 11.3 Å². The summed E-state index contributed by atoms with van der Waals surface area (Å²) in [6, 6.07) is 0. The van der Waals surface area contributed by atoms with Gasteiger partial charge in [-0.1, -0.05) is 13.8 Å². The molecule has 94 valence electrons. The minimum absolute atomic E-state index is 0.104. The summed E-state index contributed by atoms with van der Waals surface area (Å²) in [4.78, 5) is 16.7. The summed E-state index contributed by atoms with van der Waals surface area (Å²) < 4.78 is 0. The maximum atomic E-state index is 12.4. The Balaban J connectivity index is 2.12. The van der Waals surface area contributed by atoms with Gasteiger partial charge in [0.1, 0.15) is 0 Å². The first-order valence-electron chi connectivity index (χ1n) is 5.99. The van der Waals surface area contributed by atoms with E-state index in [1.807, 2.05) is 12.3 Å². The van der Waals surface area contributed by atoms with Crippen LogP contribution in [0.15, 0.2) is 5.38 Å². The van der Waals surface area contributed by atoms with E-state index in [9.17, 15) is 4.79 Å². The maximum Gasteiger partial charge on any atom is 0.233 e. The van der Waals surface area contributed by atoms with Crippen molar-refractivity contribution in [3.05, 3.63) is 11.1 Å². The van der Waals surface area contributed by atoms with Crippen molar-refractivity contribution >= 4 is 22.4 Å². The van der Waals surface area contributed by atoms with E-state index in [1.54, 1.807) is 0 Å². The highest BCUT2D eigenvalue weighted by Gasteiger charge is 2.44. The zero-order valence-corrected chi connectivity index (χ0v) is 11.4. The molecule has 4 nitrogen and oxygen atoms in total. The Morgan fingerprint density at radius 2 is 2.41 bits per heavy atom. The zero-order valence-electron chi connectivity index (χ0n) is 10.5. The molecule has 1 aromatic heterocycles. The standard InChI is InChI=1S/C12H19N3OS/c1-8(2)12(4-5-13-7-12)10(16)15-11-14-9(3)6-17-11/h6,8,13H,4-5,7H2,1-3H3,(H,14,15,16). The van der Waals surface area contributed by atoms with Gasteiger partial charge in [0.25, 0.3) is 0 Å². The largest absolute Gasteiger partial charge is 0.316 e. The molecule has 2 rings (SSSR count). The van der Waals surface area contributed by atoms with Gasteiger partial charge >= 0.3 is 0 Å². The van der Waals surface area contributed by atoms with Gasteiger partial charge in [0.15, 0.2) is 5.13 Å². The first kappa shape index (κ1) is 12.5. The number of amides is 1. The Kier molecular flexibility index (Phi) is 3.49. The van der Waals surface area contributed by atoms with Crippen molar-refractivity contribution in [1.29, 1.82) is 0 Å². The summed E-state index contributed by atoms with van der Waals surface area (Å²) in [5, 5.41) is 8.90. The number of anilines is 1. The summed E-state index contributed by atoms with van der Waals surface area (Å²) in [6.45, 7) is 7.84. The number of thiazole rings is 1. The van der Waals surface area contributed by atoms with E-state index >= 15 is 0 Å². The Bertz CT molecular complexity index is 408. The molecule has 1 aromatic rings. The van der Waals surface area contributed by atoms with E-state index < -0.39 is 0 Å². The highest BCUT2D eigenvalue weighted by molar-refractivity contribution is 7.13. The number of carbonyl (C=O) groups is 1. The molecule has 1 aliphatic rings. The Morgan fingerprint density at radius 3 is 2.88 bits per heavy atom. The fourth-order valence-corrected chi connectivity index (χ4v) is 2.98. The predicted octanol–water partition coefficient (Wildman–Crippen LogP) is 2.03. The molecule has 0 saturated carbocycles. The first-order chi connectivity index (χ1) is 8.04. The van der Waals surface area contributed by atoms with Gasteiger partial charge in [-0.2, -0.15) is 0 Å². The number of nitrogens with one attached hydrogen (secondary N) is 2. The molecule has 1 atom stereocenters. The minimum atomic E-state index is -0.278. The molecule has 1 saturated heterocycles. The van der Waals surface area contributed by atoms with Crippen LogP contribution in [0.2, 0.25) is 0 Å². The topological polar surface area (TPSA) is 54.0 Å². The highest BCUT2D eigenvalue weighted by Crippen LogP contribution is 2.35. The fraction of sp³-hybridized carbons (Fsp3) is 0.667. The molecule has 5 heteroatoms. The molecule has 1 unspecified atom stereocenters. The number of aryl methyl sites for hydroxylation is 1. The average Bonchev–Trinajstić information content (AvgIpc) is 2.87. The number of carbonyl (C=O) groups excluding carboxylic acids is 1. The first-order valence-corrected chi connectivity index (χ1v) is 6.87. The third-order valence-electron chi connectivity index (χ3n) is 3.59. The fourth-order valence-electron chi connectivity index (χ4n) is 2.29. The van der Waals surface area contributed by atoms with Gasteiger partial charge in [0.2, 0.25) is 5.91 Å². The molecule has 0 radical (unpaired) electrons. The van der Waals surface area contributed by atoms with Crippen LogP contribution in [-0.2, 0) is 4.79 Å². The molecule has 0 aromatic carbocycles. The quantitative estimate of drug-likeness (QED) is 0.866. The normalized spacial score (nSPS) is 24.2. The van der Waals surface area contributed by atoms with E-state index in [4.69, 9.17) is 0 Å². The van der Waals surface area contributed by atoms with Crippen molar-refractivity contribution in [1.82, 2.24) is 10.3 Å². The van der Waals surface area contributed by atoms with Crippen LogP contribution in [-0.4, -0.2) is 24.0 Å². The lowest BCUT2D eigenvalue weighted by molar-refractivity contribution is -0.126. The summed E-state index contributed by atoms with van der Waals surface area (Å²) in [5.74, 6) is 0.436. The van der Waals surface area contributed by atoms with E-state index in [1.165, 1.54) is 11.3 Å². The smallest absolute Gasteiger partial charge is 0.233 e. The van der Waals surface area contributed by atoms with Gasteiger partial charge in [-0.25, -0.2) is 4.98 Å². The molecule has 0 bridgehead atoms. The van der Waals surface area contributed by atoms with Crippen LogP contribution in [0.5, 0.6) is 0 Å². The number of aromatic nitrogens is 1. The Hall–Kier alpha value is -0.940. The molecule has 17 heavy (non-hydrogen) atoms. The van der Waals surface area contributed by atoms with Gasteiger partial charge in [0.05, 0.1) is 11.1 Å². The zero-order chi connectivity index (χ0) is 12.5. The molecule has 2 heterocycles. The van der Waals surface area contributed by atoms with Gasteiger partial charge in [-0.3, -0.25) is 4.79 Å². The SMILES string of the molecule is Cc1csc(NC(=O)C2(C(C)C)CCNC2)n1.